The summed E-state index contributed by atoms with van der Waals surface area (Å²) in [5, 5.41) is 6.93. The van der Waals surface area contributed by atoms with Crippen LogP contribution in [0.2, 0.25) is 0 Å². The zero-order valence-corrected chi connectivity index (χ0v) is 15.1. The van der Waals surface area contributed by atoms with Crippen molar-refractivity contribution in [2.75, 3.05) is 19.6 Å². The maximum Gasteiger partial charge on any atom is 0.203 e. The first-order valence-corrected chi connectivity index (χ1v) is 8.61. The minimum atomic E-state index is 0.719. The molecule has 1 aromatic heterocycles. The van der Waals surface area contributed by atoms with Gasteiger partial charge >= 0.3 is 0 Å². The maximum atomic E-state index is 5.43. The highest BCUT2D eigenvalue weighted by Crippen LogP contribution is 2.34. The molecule has 0 aliphatic carbocycles. The number of benzene rings is 2. The van der Waals surface area contributed by atoms with Crippen LogP contribution in [-0.4, -0.2) is 25.4 Å². The summed E-state index contributed by atoms with van der Waals surface area (Å²) in [7, 11) is 3.26. The molecule has 128 valence electrons. The fraction of sp³-hybridized carbons (Fsp3) is 0.158. The van der Waals surface area contributed by atoms with E-state index in [2.05, 4.69) is 34.6 Å². The van der Waals surface area contributed by atoms with E-state index in [-0.39, 0.29) is 0 Å². The van der Waals surface area contributed by atoms with Crippen molar-refractivity contribution in [3.05, 3.63) is 59.0 Å². The van der Waals surface area contributed by atoms with Crippen LogP contribution in [0.1, 0.15) is 11.1 Å². The molecule has 3 rings (SSSR count). The van der Waals surface area contributed by atoms with Gasteiger partial charge in [0.1, 0.15) is 11.5 Å². The molecule has 6 heteroatoms. The summed E-state index contributed by atoms with van der Waals surface area (Å²) in [6, 6.07) is 13.8. The quantitative estimate of drug-likeness (QED) is 0.520. The highest BCUT2D eigenvalue weighted by atomic mass is 32.1. The third-order valence-electron chi connectivity index (χ3n) is 3.64. The van der Waals surface area contributed by atoms with Crippen LogP contribution < -0.4 is 14.9 Å². The van der Waals surface area contributed by atoms with E-state index in [9.17, 15) is 0 Å². The first kappa shape index (κ1) is 17.0. The summed E-state index contributed by atoms with van der Waals surface area (Å²) >= 11 is 1.49. The molecule has 0 atom stereocenters. The summed E-state index contributed by atoms with van der Waals surface area (Å²) in [4.78, 5) is 4.56. The average Bonchev–Trinajstić information content (AvgIpc) is 3.11. The summed E-state index contributed by atoms with van der Waals surface area (Å²) < 4.78 is 10.7. The van der Waals surface area contributed by atoms with Gasteiger partial charge in [-0.2, -0.15) is 5.10 Å². The van der Waals surface area contributed by atoms with E-state index in [1.165, 1.54) is 16.9 Å². The van der Waals surface area contributed by atoms with Gasteiger partial charge in [-0.15, -0.1) is 11.3 Å². The Morgan fingerprint density at radius 3 is 2.60 bits per heavy atom. The number of methoxy groups -OCH3 is 2. The molecule has 0 radical (unpaired) electrons. The third-order valence-corrected chi connectivity index (χ3v) is 4.39. The van der Waals surface area contributed by atoms with Crippen LogP contribution in [-0.2, 0) is 0 Å². The molecule has 0 amide bonds. The van der Waals surface area contributed by atoms with Gasteiger partial charge in [0.15, 0.2) is 0 Å². The van der Waals surface area contributed by atoms with Crippen LogP contribution in [0.25, 0.3) is 11.3 Å². The number of ether oxygens (including phenoxy) is 2. The first-order valence-electron chi connectivity index (χ1n) is 7.73. The fourth-order valence-corrected chi connectivity index (χ4v) is 2.93. The van der Waals surface area contributed by atoms with Crippen molar-refractivity contribution in [2.24, 2.45) is 5.10 Å². The van der Waals surface area contributed by atoms with E-state index < -0.39 is 0 Å². The van der Waals surface area contributed by atoms with Crippen molar-refractivity contribution in [3.63, 3.8) is 0 Å². The molecule has 0 bridgehead atoms. The van der Waals surface area contributed by atoms with Crippen LogP contribution in [0.4, 0.5) is 5.13 Å². The summed E-state index contributed by atoms with van der Waals surface area (Å²) in [6.45, 7) is 2.06. The lowest BCUT2D eigenvalue weighted by Gasteiger charge is -2.08. The van der Waals surface area contributed by atoms with Crippen molar-refractivity contribution >= 4 is 22.7 Å². The SMILES string of the molecule is COc1ccc(-c2csc(N/N=C\c3ccc(C)cc3)n2)c(OC)c1. The normalized spacial score (nSPS) is 10.8. The summed E-state index contributed by atoms with van der Waals surface area (Å²) in [5.74, 6) is 1.47. The lowest BCUT2D eigenvalue weighted by molar-refractivity contribution is 0.395. The van der Waals surface area contributed by atoms with Crippen LogP contribution >= 0.6 is 11.3 Å². The second kappa shape index (κ2) is 7.81. The fourth-order valence-electron chi connectivity index (χ4n) is 2.27. The predicted molar refractivity (Wildman–Crippen MR) is 103 cm³/mol. The Balaban J connectivity index is 1.73. The van der Waals surface area contributed by atoms with Gasteiger partial charge in [0.05, 0.1) is 26.1 Å². The van der Waals surface area contributed by atoms with Crippen molar-refractivity contribution < 1.29 is 9.47 Å². The highest BCUT2D eigenvalue weighted by Gasteiger charge is 2.11. The molecule has 1 heterocycles. The second-order valence-electron chi connectivity index (χ2n) is 5.38. The Morgan fingerprint density at radius 1 is 1.08 bits per heavy atom. The first-order chi connectivity index (χ1) is 12.2. The number of aryl methyl sites for hydroxylation is 1. The number of hydrogen-bond acceptors (Lipinski definition) is 6. The maximum absolute atomic E-state index is 5.43. The topological polar surface area (TPSA) is 55.7 Å². The molecule has 25 heavy (non-hydrogen) atoms. The summed E-state index contributed by atoms with van der Waals surface area (Å²) in [6.07, 6.45) is 1.77. The van der Waals surface area contributed by atoms with Crippen LogP contribution in [0.3, 0.4) is 0 Å². The molecular weight excluding hydrogens is 334 g/mol. The molecule has 0 spiro atoms. The smallest absolute Gasteiger partial charge is 0.203 e. The van der Waals surface area contributed by atoms with Gasteiger partial charge < -0.3 is 9.47 Å². The zero-order chi connectivity index (χ0) is 17.6. The minimum absolute atomic E-state index is 0.719. The Kier molecular flexibility index (Phi) is 5.30. The van der Waals surface area contributed by atoms with E-state index >= 15 is 0 Å². The Hall–Kier alpha value is -2.86. The molecule has 0 aliphatic heterocycles. The molecule has 0 saturated carbocycles. The Labute approximate surface area is 151 Å². The zero-order valence-electron chi connectivity index (χ0n) is 14.3. The van der Waals surface area contributed by atoms with E-state index in [1.807, 2.05) is 35.7 Å². The van der Waals surface area contributed by atoms with Crippen LogP contribution in [0, 0.1) is 6.92 Å². The van der Waals surface area contributed by atoms with Crippen LogP contribution in [0.15, 0.2) is 52.9 Å². The molecule has 1 N–H and O–H groups in total. The van der Waals surface area contributed by atoms with Gasteiger partial charge in [-0.25, -0.2) is 4.98 Å². The van der Waals surface area contributed by atoms with Gasteiger partial charge in [-0.05, 0) is 24.6 Å². The molecule has 0 unspecified atom stereocenters. The lowest BCUT2D eigenvalue weighted by atomic mass is 10.1. The van der Waals surface area contributed by atoms with Gasteiger partial charge in [-0.1, -0.05) is 29.8 Å². The largest absolute Gasteiger partial charge is 0.497 e. The molecule has 5 nitrogen and oxygen atoms in total. The minimum Gasteiger partial charge on any atom is -0.497 e. The Bertz CT molecular complexity index is 873. The molecule has 3 aromatic rings. The Morgan fingerprint density at radius 2 is 1.88 bits per heavy atom. The van der Waals surface area contributed by atoms with Crippen molar-refractivity contribution in [3.8, 4) is 22.8 Å². The number of thiazole rings is 1. The van der Waals surface area contributed by atoms with Crippen LogP contribution in [0.5, 0.6) is 11.5 Å². The van der Waals surface area contributed by atoms with Gasteiger partial charge in [-0.3, -0.25) is 5.43 Å². The van der Waals surface area contributed by atoms with Gasteiger partial charge in [0.25, 0.3) is 0 Å². The van der Waals surface area contributed by atoms with Crippen molar-refractivity contribution in [1.29, 1.82) is 0 Å². The third kappa shape index (κ3) is 4.16. The molecular formula is C19H19N3O2S. The average molecular weight is 353 g/mol. The standard InChI is InChI=1S/C19H19N3O2S/c1-13-4-6-14(7-5-13)11-20-22-19-21-17(12-25-19)16-9-8-15(23-2)10-18(16)24-3/h4-12H,1-3H3,(H,21,22)/b20-11-. The molecule has 0 aliphatic rings. The van der Waals surface area contributed by atoms with Gasteiger partial charge in [0.2, 0.25) is 5.13 Å². The second-order valence-corrected chi connectivity index (χ2v) is 6.24. The van der Waals surface area contributed by atoms with Crippen molar-refractivity contribution in [1.82, 2.24) is 4.98 Å². The van der Waals surface area contributed by atoms with Gasteiger partial charge in [0, 0.05) is 17.0 Å². The van der Waals surface area contributed by atoms with E-state index in [4.69, 9.17) is 9.47 Å². The van der Waals surface area contributed by atoms with E-state index in [0.717, 1.165) is 33.5 Å². The monoisotopic (exact) mass is 353 g/mol. The van der Waals surface area contributed by atoms with E-state index in [0.29, 0.717) is 0 Å². The molecule has 2 aromatic carbocycles. The number of hydrazone groups is 1. The number of hydrogen-bond donors (Lipinski definition) is 1. The van der Waals surface area contributed by atoms with Crippen molar-refractivity contribution in [2.45, 2.75) is 6.92 Å². The summed E-state index contributed by atoms with van der Waals surface area (Å²) in [5.41, 5.74) is 6.97. The molecule has 0 saturated heterocycles. The number of anilines is 1. The lowest BCUT2D eigenvalue weighted by Crippen LogP contribution is -1.92. The highest BCUT2D eigenvalue weighted by molar-refractivity contribution is 7.14. The van der Waals surface area contributed by atoms with E-state index in [1.54, 1.807) is 20.4 Å². The predicted octanol–water partition coefficient (Wildman–Crippen LogP) is 4.58. The number of nitrogens with zero attached hydrogens (tertiary/aromatic N) is 2. The molecule has 0 fully saturated rings. The number of nitrogens with one attached hydrogen (secondary N) is 1. The number of aromatic nitrogens is 1. The number of rotatable bonds is 6.